The molecular formula is C8H8BrF2NO3S. The summed E-state index contributed by atoms with van der Waals surface area (Å²) in [7, 11) is -4.16. The number of rotatable bonds is 4. The van der Waals surface area contributed by atoms with Gasteiger partial charge in [-0.1, -0.05) is 4.89 Å². The van der Waals surface area contributed by atoms with E-state index < -0.39 is 26.6 Å². The lowest BCUT2D eigenvalue weighted by Gasteiger charge is -2.08. The van der Waals surface area contributed by atoms with Crippen LogP contribution in [0.25, 0.3) is 0 Å². The van der Waals surface area contributed by atoms with E-state index in [-0.39, 0.29) is 11.1 Å². The average Bonchev–Trinajstić information content (AvgIpc) is 2.12. The van der Waals surface area contributed by atoms with Gasteiger partial charge in [0.05, 0.1) is 6.61 Å². The van der Waals surface area contributed by atoms with E-state index in [0.29, 0.717) is 6.07 Å². The van der Waals surface area contributed by atoms with Crippen LogP contribution in [0.3, 0.4) is 0 Å². The molecule has 16 heavy (non-hydrogen) atoms. The SMILES string of the molecule is CCONS(=O)(=O)c1c(F)cc(F)cc1Br. The normalized spacial score (nSPS) is 11.8. The van der Waals surface area contributed by atoms with E-state index >= 15 is 0 Å². The van der Waals surface area contributed by atoms with Gasteiger partial charge in [0.1, 0.15) is 16.5 Å². The molecule has 90 valence electrons. The Kier molecular flexibility index (Phi) is 4.36. The Hall–Kier alpha value is -0.570. The molecule has 8 heteroatoms. The van der Waals surface area contributed by atoms with E-state index in [1.807, 2.05) is 0 Å². The van der Waals surface area contributed by atoms with Crippen molar-refractivity contribution >= 4 is 26.0 Å². The minimum atomic E-state index is -4.16. The van der Waals surface area contributed by atoms with Crippen LogP contribution in [0.2, 0.25) is 0 Å². The zero-order valence-electron chi connectivity index (χ0n) is 8.13. The van der Waals surface area contributed by atoms with Gasteiger partial charge in [-0.05, 0) is 28.9 Å². The third-order valence-electron chi connectivity index (χ3n) is 1.54. The third-order valence-corrected chi connectivity index (χ3v) is 3.72. The monoisotopic (exact) mass is 315 g/mol. The Labute approximate surface area is 99.7 Å². The van der Waals surface area contributed by atoms with Gasteiger partial charge in [-0.3, -0.25) is 4.84 Å². The van der Waals surface area contributed by atoms with Gasteiger partial charge in [0.15, 0.2) is 0 Å². The van der Waals surface area contributed by atoms with Gasteiger partial charge in [-0.25, -0.2) is 17.2 Å². The highest BCUT2D eigenvalue weighted by Gasteiger charge is 2.23. The average molecular weight is 316 g/mol. The maximum absolute atomic E-state index is 13.3. The van der Waals surface area contributed by atoms with E-state index in [1.165, 1.54) is 0 Å². The lowest BCUT2D eigenvalue weighted by atomic mass is 10.3. The number of hydrogen-bond donors (Lipinski definition) is 1. The molecule has 0 heterocycles. The molecule has 4 nitrogen and oxygen atoms in total. The van der Waals surface area contributed by atoms with Crippen molar-refractivity contribution in [2.24, 2.45) is 0 Å². The van der Waals surface area contributed by atoms with Crippen molar-refractivity contribution in [1.82, 2.24) is 4.89 Å². The summed E-state index contributed by atoms with van der Waals surface area (Å²) in [6.07, 6.45) is 0. The van der Waals surface area contributed by atoms with Crippen molar-refractivity contribution < 1.29 is 22.0 Å². The molecule has 0 saturated heterocycles. The summed E-state index contributed by atoms with van der Waals surface area (Å²) in [5.74, 6) is -2.07. The number of nitrogens with one attached hydrogen (secondary N) is 1. The fourth-order valence-electron chi connectivity index (χ4n) is 0.964. The Balaban J connectivity index is 3.23. The first-order chi connectivity index (χ1) is 7.38. The smallest absolute Gasteiger partial charge is 0.266 e. The van der Waals surface area contributed by atoms with Gasteiger partial charge >= 0.3 is 0 Å². The molecule has 0 radical (unpaired) electrons. The summed E-state index contributed by atoms with van der Waals surface area (Å²) in [6.45, 7) is 1.64. The minimum absolute atomic E-state index is 0.0830. The van der Waals surface area contributed by atoms with Crippen molar-refractivity contribution in [2.45, 2.75) is 11.8 Å². The van der Waals surface area contributed by atoms with Crippen LogP contribution in [0, 0.1) is 11.6 Å². The lowest BCUT2D eigenvalue weighted by Crippen LogP contribution is -2.25. The van der Waals surface area contributed by atoms with Gasteiger partial charge in [0, 0.05) is 10.5 Å². The van der Waals surface area contributed by atoms with Gasteiger partial charge in [-0.15, -0.1) is 0 Å². The maximum atomic E-state index is 13.3. The van der Waals surface area contributed by atoms with Crippen LogP contribution in [0.4, 0.5) is 8.78 Å². The van der Waals surface area contributed by atoms with Crippen molar-refractivity contribution in [3.8, 4) is 0 Å². The Morgan fingerprint density at radius 1 is 1.44 bits per heavy atom. The van der Waals surface area contributed by atoms with E-state index in [9.17, 15) is 17.2 Å². The van der Waals surface area contributed by atoms with Crippen LogP contribution in [0.15, 0.2) is 21.5 Å². The molecule has 0 saturated carbocycles. The van der Waals surface area contributed by atoms with Gasteiger partial charge < -0.3 is 0 Å². The zero-order valence-corrected chi connectivity index (χ0v) is 10.5. The van der Waals surface area contributed by atoms with Gasteiger partial charge in [-0.2, -0.15) is 0 Å². The fraction of sp³-hybridized carbons (Fsp3) is 0.250. The van der Waals surface area contributed by atoms with E-state index in [1.54, 1.807) is 11.8 Å². The van der Waals surface area contributed by atoms with Crippen LogP contribution < -0.4 is 4.89 Å². The molecule has 0 atom stereocenters. The summed E-state index contributed by atoms with van der Waals surface area (Å²) < 4.78 is 48.8. The summed E-state index contributed by atoms with van der Waals surface area (Å²) >= 11 is 2.77. The number of sulfonamides is 1. The molecule has 1 aromatic rings. The quantitative estimate of drug-likeness (QED) is 0.864. The summed E-state index contributed by atoms with van der Waals surface area (Å²) in [5, 5.41) is 0. The lowest BCUT2D eigenvalue weighted by molar-refractivity contribution is 0.105. The molecule has 0 bridgehead atoms. The molecule has 1 N–H and O–H groups in total. The molecule has 0 aliphatic heterocycles. The predicted molar refractivity (Wildman–Crippen MR) is 56.0 cm³/mol. The van der Waals surface area contributed by atoms with Gasteiger partial charge in [0.25, 0.3) is 10.0 Å². The van der Waals surface area contributed by atoms with E-state index in [0.717, 1.165) is 6.07 Å². The molecular weight excluding hydrogens is 308 g/mol. The van der Waals surface area contributed by atoms with Crippen LogP contribution in [-0.2, 0) is 14.9 Å². The van der Waals surface area contributed by atoms with Gasteiger partial charge in [0.2, 0.25) is 0 Å². The Bertz CT molecular complexity index is 469. The molecule has 0 aromatic heterocycles. The second-order valence-electron chi connectivity index (χ2n) is 2.72. The number of benzene rings is 1. The largest absolute Gasteiger partial charge is 0.287 e. The second kappa shape index (κ2) is 5.17. The highest BCUT2D eigenvalue weighted by atomic mass is 79.9. The fourth-order valence-corrected chi connectivity index (χ4v) is 3.00. The van der Waals surface area contributed by atoms with Crippen molar-refractivity contribution in [1.29, 1.82) is 0 Å². The van der Waals surface area contributed by atoms with Crippen LogP contribution >= 0.6 is 15.9 Å². The van der Waals surface area contributed by atoms with E-state index in [4.69, 9.17) is 0 Å². The number of halogens is 3. The standard InChI is InChI=1S/C8H8BrF2NO3S/c1-2-15-12-16(13,14)8-6(9)3-5(10)4-7(8)11/h3-4,12H,2H2,1H3. The highest BCUT2D eigenvalue weighted by molar-refractivity contribution is 9.10. The summed E-state index contributed by atoms with van der Waals surface area (Å²) in [5.41, 5.74) is 0. The van der Waals surface area contributed by atoms with Crippen molar-refractivity contribution in [2.75, 3.05) is 6.61 Å². The Morgan fingerprint density at radius 3 is 2.56 bits per heavy atom. The van der Waals surface area contributed by atoms with Crippen molar-refractivity contribution in [3.05, 3.63) is 28.2 Å². The molecule has 0 aliphatic rings. The summed E-state index contributed by atoms with van der Waals surface area (Å²) in [6, 6.07) is 1.33. The molecule has 0 spiro atoms. The first-order valence-electron chi connectivity index (χ1n) is 4.16. The maximum Gasteiger partial charge on any atom is 0.266 e. The highest BCUT2D eigenvalue weighted by Crippen LogP contribution is 2.25. The van der Waals surface area contributed by atoms with Crippen LogP contribution in [0.1, 0.15) is 6.92 Å². The van der Waals surface area contributed by atoms with Crippen LogP contribution in [0.5, 0.6) is 0 Å². The number of hydrogen-bond acceptors (Lipinski definition) is 3. The molecule has 0 aliphatic carbocycles. The molecule has 1 rings (SSSR count). The van der Waals surface area contributed by atoms with Crippen LogP contribution in [-0.4, -0.2) is 15.0 Å². The topological polar surface area (TPSA) is 55.4 Å². The molecule has 0 amide bonds. The predicted octanol–water partition coefficient (Wildman–Crippen LogP) is 1.96. The van der Waals surface area contributed by atoms with Crippen molar-refractivity contribution in [3.63, 3.8) is 0 Å². The molecule has 1 aromatic carbocycles. The van der Waals surface area contributed by atoms with E-state index in [2.05, 4.69) is 20.8 Å². The molecule has 0 fully saturated rings. The summed E-state index contributed by atoms with van der Waals surface area (Å²) in [4.78, 5) is 5.49. The zero-order chi connectivity index (χ0) is 12.3. The first kappa shape index (κ1) is 13.5. The minimum Gasteiger partial charge on any atom is -0.287 e. The second-order valence-corrected chi connectivity index (χ2v) is 5.15. The third kappa shape index (κ3) is 2.97. The first-order valence-corrected chi connectivity index (χ1v) is 6.44. The molecule has 0 unspecified atom stereocenters. The Morgan fingerprint density at radius 2 is 2.06 bits per heavy atom.